The second-order valence-corrected chi connectivity index (χ2v) is 4.76. The van der Waals surface area contributed by atoms with Gasteiger partial charge in [-0.1, -0.05) is 0 Å². The minimum Gasteiger partial charge on any atom is -0.353 e. The van der Waals surface area contributed by atoms with Crippen LogP contribution in [0.15, 0.2) is 12.1 Å². The van der Waals surface area contributed by atoms with Crippen LogP contribution in [0.5, 0.6) is 0 Å². The molecule has 2 heterocycles. The van der Waals surface area contributed by atoms with Crippen molar-refractivity contribution in [3.05, 3.63) is 23.3 Å². The predicted molar refractivity (Wildman–Crippen MR) is 71.5 cm³/mol. The SMILES string of the molecule is CCNc1nnc2cc3c(cc2n1)CN(C)CC3. The van der Waals surface area contributed by atoms with E-state index in [1.165, 1.54) is 11.1 Å². The van der Waals surface area contributed by atoms with E-state index in [4.69, 9.17) is 0 Å². The van der Waals surface area contributed by atoms with Gasteiger partial charge in [0.05, 0.1) is 5.52 Å². The summed E-state index contributed by atoms with van der Waals surface area (Å²) >= 11 is 0. The first kappa shape index (κ1) is 11.3. The second-order valence-electron chi connectivity index (χ2n) is 4.76. The van der Waals surface area contributed by atoms with Crippen LogP contribution in [0, 0.1) is 0 Å². The minimum atomic E-state index is 0.606. The molecule has 5 nitrogen and oxygen atoms in total. The van der Waals surface area contributed by atoms with Crippen molar-refractivity contribution >= 4 is 17.0 Å². The van der Waals surface area contributed by atoms with Crippen molar-refractivity contribution < 1.29 is 0 Å². The van der Waals surface area contributed by atoms with Gasteiger partial charge in [-0.05, 0) is 43.7 Å². The maximum atomic E-state index is 4.49. The molecule has 0 radical (unpaired) electrons. The molecule has 0 aliphatic carbocycles. The normalized spacial score (nSPS) is 15.7. The molecule has 5 heteroatoms. The van der Waals surface area contributed by atoms with E-state index in [-0.39, 0.29) is 0 Å². The molecule has 1 aromatic heterocycles. The first-order valence-electron chi connectivity index (χ1n) is 6.35. The number of hydrogen-bond donors (Lipinski definition) is 1. The zero-order valence-electron chi connectivity index (χ0n) is 10.8. The van der Waals surface area contributed by atoms with Gasteiger partial charge in [-0.15, -0.1) is 10.2 Å². The van der Waals surface area contributed by atoms with E-state index >= 15 is 0 Å². The van der Waals surface area contributed by atoms with Crippen molar-refractivity contribution in [3.8, 4) is 0 Å². The Morgan fingerprint density at radius 2 is 2.06 bits per heavy atom. The van der Waals surface area contributed by atoms with Crippen molar-refractivity contribution in [1.82, 2.24) is 20.1 Å². The summed E-state index contributed by atoms with van der Waals surface area (Å²) in [4.78, 5) is 6.82. The molecule has 94 valence electrons. The lowest BCUT2D eigenvalue weighted by Crippen LogP contribution is -2.26. The number of aromatic nitrogens is 3. The van der Waals surface area contributed by atoms with Crippen LogP contribution in [-0.2, 0) is 13.0 Å². The van der Waals surface area contributed by atoms with E-state index in [9.17, 15) is 0 Å². The summed E-state index contributed by atoms with van der Waals surface area (Å²) in [7, 11) is 2.15. The Bertz CT molecular complexity index is 581. The van der Waals surface area contributed by atoms with Gasteiger partial charge in [-0.25, -0.2) is 4.98 Å². The fraction of sp³-hybridized carbons (Fsp3) is 0.462. The summed E-state index contributed by atoms with van der Waals surface area (Å²) in [5.74, 6) is 0.606. The summed E-state index contributed by atoms with van der Waals surface area (Å²) in [5, 5.41) is 11.4. The molecular weight excluding hydrogens is 226 g/mol. The van der Waals surface area contributed by atoms with Crippen molar-refractivity contribution in [2.45, 2.75) is 19.9 Å². The molecule has 1 aliphatic rings. The molecule has 0 saturated heterocycles. The first-order chi connectivity index (χ1) is 8.76. The molecule has 0 amide bonds. The molecule has 0 atom stereocenters. The minimum absolute atomic E-state index is 0.606. The zero-order chi connectivity index (χ0) is 12.5. The van der Waals surface area contributed by atoms with Gasteiger partial charge in [0.15, 0.2) is 0 Å². The highest BCUT2D eigenvalue weighted by Crippen LogP contribution is 2.22. The smallest absolute Gasteiger partial charge is 0.243 e. The monoisotopic (exact) mass is 243 g/mol. The van der Waals surface area contributed by atoms with E-state index in [1.54, 1.807) is 0 Å². The predicted octanol–water partition coefficient (Wildman–Crippen LogP) is 1.44. The molecule has 1 N–H and O–H groups in total. The Hall–Kier alpha value is -1.75. The molecule has 18 heavy (non-hydrogen) atoms. The molecule has 0 fully saturated rings. The highest BCUT2D eigenvalue weighted by Gasteiger charge is 2.15. The lowest BCUT2D eigenvalue weighted by atomic mass is 9.99. The van der Waals surface area contributed by atoms with Gasteiger partial charge in [0.25, 0.3) is 0 Å². The van der Waals surface area contributed by atoms with Crippen LogP contribution in [0.3, 0.4) is 0 Å². The molecule has 0 saturated carbocycles. The Morgan fingerprint density at radius 3 is 2.89 bits per heavy atom. The van der Waals surface area contributed by atoms with Crippen LogP contribution in [0.4, 0.5) is 5.95 Å². The third-order valence-corrected chi connectivity index (χ3v) is 3.31. The quantitative estimate of drug-likeness (QED) is 0.865. The molecule has 1 aromatic carbocycles. The molecule has 1 aliphatic heterocycles. The summed E-state index contributed by atoms with van der Waals surface area (Å²) in [6.45, 7) is 4.93. The highest BCUT2D eigenvalue weighted by atomic mass is 15.2. The zero-order valence-corrected chi connectivity index (χ0v) is 10.8. The molecular formula is C13H17N5. The van der Waals surface area contributed by atoms with Crippen molar-refractivity contribution in [2.24, 2.45) is 0 Å². The summed E-state index contributed by atoms with van der Waals surface area (Å²) < 4.78 is 0. The fourth-order valence-corrected chi connectivity index (χ4v) is 2.36. The van der Waals surface area contributed by atoms with Gasteiger partial charge < -0.3 is 10.2 Å². The third kappa shape index (κ3) is 2.01. The average Bonchev–Trinajstić information content (AvgIpc) is 2.36. The van der Waals surface area contributed by atoms with E-state index in [2.05, 4.69) is 44.6 Å². The van der Waals surface area contributed by atoms with Crippen LogP contribution in [0.2, 0.25) is 0 Å². The Balaban J connectivity index is 2.07. The van der Waals surface area contributed by atoms with Crippen molar-refractivity contribution in [3.63, 3.8) is 0 Å². The van der Waals surface area contributed by atoms with E-state index < -0.39 is 0 Å². The molecule has 0 unspecified atom stereocenters. The Morgan fingerprint density at radius 1 is 1.22 bits per heavy atom. The van der Waals surface area contributed by atoms with Crippen LogP contribution >= 0.6 is 0 Å². The lowest BCUT2D eigenvalue weighted by molar-refractivity contribution is 0.313. The van der Waals surface area contributed by atoms with Gasteiger partial charge in [-0.3, -0.25) is 0 Å². The number of rotatable bonds is 2. The summed E-state index contributed by atoms with van der Waals surface area (Å²) in [6, 6.07) is 4.28. The van der Waals surface area contributed by atoms with Crippen molar-refractivity contribution in [2.75, 3.05) is 25.5 Å². The number of benzene rings is 1. The van der Waals surface area contributed by atoms with Crippen molar-refractivity contribution in [1.29, 1.82) is 0 Å². The van der Waals surface area contributed by atoms with E-state index in [1.807, 2.05) is 6.92 Å². The molecule has 0 spiro atoms. The van der Waals surface area contributed by atoms with Gasteiger partial charge in [0, 0.05) is 19.6 Å². The number of hydrogen-bond acceptors (Lipinski definition) is 5. The molecule has 2 aromatic rings. The molecule has 3 rings (SSSR count). The van der Waals surface area contributed by atoms with Gasteiger partial charge in [0.2, 0.25) is 5.95 Å². The average molecular weight is 243 g/mol. The van der Waals surface area contributed by atoms with Gasteiger partial charge >= 0.3 is 0 Å². The van der Waals surface area contributed by atoms with Crippen LogP contribution in [0.1, 0.15) is 18.1 Å². The fourth-order valence-electron chi connectivity index (χ4n) is 2.36. The van der Waals surface area contributed by atoms with Gasteiger partial charge in [-0.2, -0.15) is 0 Å². The van der Waals surface area contributed by atoms with E-state index in [0.717, 1.165) is 37.1 Å². The second kappa shape index (κ2) is 4.49. The standard InChI is InChI=1S/C13H17N5/c1-3-14-13-15-11-7-10-8-18(2)5-4-9(10)6-12(11)16-17-13/h6-7H,3-5,8H2,1-2H3,(H,14,15,17). The number of anilines is 1. The summed E-state index contributed by atoms with van der Waals surface area (Å²) in [6.07, 6.45) is 1.08. The highest BCUT2D eigenvalue weighted by molar-refractivity contribution is 5.76. The maximum Gasteiger partial charge on any atom is 0.243 e. The maximum absolute atomic E-state index is 4.49. The third-order valence-electron chi connectivity index (χ3n) is 3.31. The largest absolute Gasteiger partial charge is 0.353 e. The topological polar surface area (TPSA) is 53.9 Å². The Labute approximate surface area is 106 Å². The summed E-state index contributed by atoms with van der Waals surface area (Å²) in [5.41, 5.74) is 4.56. The number of nitrogens with zero attached hydrogens (tertiary/aromatic N) is 4. The van der Waals surface area contributed by atoms with Crippen LogP contribution in [-0.4, -0.2) is 40.2 Å². The number of nitrogens with one attached hydrogen (secondary N) is 1. The molecule has 0 bridgehead atoms. The van der Waals surface area contributed by atoms with Gasteiger partial charge in [0.1, 0.15) is 5.52 Å². The van der Waals surface area contributed by atoms with E-state index in [0.29, 0.717) is 5.95 Å². The number of fused-ring (bicyclic) bond motifs is 2. The Kier molecular flexibility index (Phi) is 2.83. The number of likely N-dealkylation sites (N-methyl/N-ethyl adjacent to an activating group) is 1. The first-order valence-corrected chi connectivity index (χ1v) is 6.35. The lowest BCUT2D eigenvalue weighted by Gasteiger charge is -2.24. The van der Waals surface area contributed by atoms with Crippen LogP contribution in [0.25, 0.3) is 11.0 Å². The van der Waals surface area contributed by atoms with Crippen LogP contribution < -0.4 is 5.32 Å².